The molecule has 24 heavy (non-hydrogen) atoms. The lowest BCUT2D eigenvalue weighted by Crippen LogP contribution is -2.41. The molecule has 0 aliphatic rings. The maximum Gasteiger partial charge on any atom is 0.269 e. The first-order valence-corrected chi connectivity index (χ1v) is 8.07. The first kappa shape index (κ1) is 17.8. The van der Waals surface area contributed by atoms with Crippen LogP contribution in [-0.4, -0.2) is 18.4 Å². The van der Waals surface area contributed by atoms with Crippen LogP contribution >= 0.6 is 11.6 Å². The van der Waals surface area contributed by atoms with Gasteiger partial charge in [-0.1, -0.05) is 31.0 Å². The van der Waals surface area contributed by atoms with E-state index in [0.29, 0.717) is 28.5 Å². The molecule has 0 aliphatic carbocycles. The quantitative estimate of drug-likeness (QED) is 0.620. The highest BCUT2D eigenvalue weighted by molar-refractivity contribution is 6.30. The molecule has 2 aromatic carbocycles. The Morgan fingerprint density at radius 3 is 2.29 bits per heavy atom. The molecule has 6 heteroatoms. The molecular formula is C18H19ClN2O3. The Morgan fingerprint density at radius 2 is 1.67 bits per heavy atom. The van der Waals surface area contributed by atoms with E-state index in [9.17, 15) is 9.59 Å². The molecule has 2 aromatic rings. The molecule has 0 spiro atoms. The van der Waals surface area contributed by atoms with Gasteiger partial charge >= 0.3 is 0 Å². The second-order valence-electron chi connectivity index (χ2n) is 5.14. The van der Waals surface area contributed by atoms with Crippen LogP contribution in [0.4, 0.5) is 0 Å². The van der Waals surface area contributed by atoms with Crippen molar-refractivity contribution < 1.29 is 14.3 Å². The molecule has 0 radical (unpaired) electrons. The van der Waals surface area contributed by atoms with Crippen molar-refractivity contribution in [1.29, 1.82) is 0 Å². The van der Waals surface area contributed by atoms with Crippen LogP contribution in [0.1, 0.15) is 40.5 Å². The van der Waals surface area contributed by atoms with Crippen LogP contribution in [0.2, 0.25) is 5.02 Å². The SMILES string of the molecule is CCCCOc1ccc(C(=O)NNC(=O)c2cccc(Cl)c2)cc1. The van der Waals surface area contributed by atoms with Crippen LogP contribution in [0.15, 0.2) is 48.5 Å². The molecule has 0 aromatic heterocycles. The number of benzene rings is 2. The average molecular weight is 347 g/mol. The Balaban J connectivity index is 1.87. The van der Waals surface area contributed by atoms with E-state index in [2.05, 4.69) is 17.8 Å². The van der Waals surface area contributed by atoms with E-state index in [-0.39, 0.29) is 0 Å². The zero-order chi connectivity index (χ0) is 17.4. The van der Waals surface area contributed by atoms with Crippen LogP contribution in [0.5, 0.6) is 5.75 Å². The van der Waals surface area contributed by atoms with Crippen molar-refractivity contribution in [2.24, 2.45) is 0 Å². The molecule has 0 saturated heterocycles. The maximum atomic E-state index is 12.0. The van der Waals surface area contributed by atoms with Gasteiger partial charge in [-0.2, -0.15) is 0 Å². The average Bonchev–Trinajstić information content (AvgIpc) is 2.60. The summed E-state index contributed by atoms with van der Waals surface area (Å²) in [5.41, 5.74) is 5.50. The number of unbranched alkanes of at least 4 members (excludes halogenated alkanes) is 1. The summed E-state index contributed by atoms with van der Waals surface area (Å²) in [5.74, 6) is -0.140. The van der Waals surface area contributed by atoms with Gasteiger partial charge in [0, 0.05) is 16.1 Å². The maximum absolute atomic E-state index is 12.0. The third kappa shape index (κ3) is 5.28. The normalized spacial score (nSPS) is 10.1. The summed E-state index contributed by atoms with van der Waals surface area (Å²) in [6.45, 7) is 2.74. The van der Waals surface area contributed by atoms with E-state index < -0.39 is 11.8 Å². The van der Waals surface area contributed by atoms with Gasteiger partial charge in [0.05, 0.1) is 6.61 Å². The molecule has 2 amide bonds. The summed E-state index contributed by atoms with van der Waals surface area (Å²) in [4.78, 5) is 24.0. The summed E-state index contributed by atoms with van der Waals surface area (Å²) < 4.78 is 5.53. The van der Waals surface area contributed by atoms with Crippen LogP contribution in [0.3, 0.4) is 0 Å². The van der Waals surface area contributed by atoms with Crippen molar-refractivity contribution in [3.8, 4) is 5.75 Å². The predicted molar refractivity (Wildman–Crippen MR) is 93.2 cm³/mol. The van der Waals surface area contributed by atoms with Gasteiger partial charge in [0.1, 0.15) is 5.75 Å². The van der Waals surface area contributed by atoms with Gasteiger partial charge in [0.2, 0.25) is 0 Å². The highest BCUT2D eigenvalue weighted by atomic mass is 35.5. The molecular weight excluding hydrogens is 328 g/mol. The molecule has 0 atom stereocenters. The van der Waals surface area contributed by atoms with E-state index in [0.717, 1.165) is 12.8 Å². The molecule has 0 bridgehead atoms. The molecule has 0 heterocycles. The number of hydrazine groups is 1. The van der Waals surface area contributed by atoms with Crippen LogP contribution in [0, 0.1) is 0 Å². The van der Waals surface area contributed by atoms with Crippen molar-refractivity contribution in [1.82, 2.24) is 10.9 Å². The van der Waals surface area contributed by atoms with E-state index >= 15 is 0 Å². The number of ether oxygens (including phenoxy) is 1. The second-order valence-corrected chi connectivity index (χ2v) is 5.58. The smallest absolute Gasteiger partial charge is 0.269 e. The summed E-state index contributed by atoms with van der Waals surface area (Å²) in [6.07, 6.45) is 2.05. The molecule has 0 unspecified atom stereocenters. The van der Waals surface area contributed by atoms with Gasteiger partial charge in [-0.25, -0.2) is 0 Å². The number of rotatable bonds is 6. The zero-order valence-electron chi connectivity index (χ0n) is 13.3. The van der Waals surface area contributed by atoms with E-state index in [1.165, 1.54) is 6.07 Å². The lowest BCUT2D eigenvalue weighted by molar-refractivity contribution is 0.0846. The van der Waals surface area contributed by atoms with E-state index in [1.807, 2.05) is 0 Å². The molecule has 0 aliphatic heterocycles. The Morgan fingerprint density at radius 1 is 1.00 bits per heavy atom. The summed E-state index contributed by atoms with van der Waals surface area (Å²) >= 11 is 5.83. The van der Waals surface area contributed by atoms with Crippen molar-refractivity contribution >= 4 is 23.4 Å². The first-order chi connectivity index (χ1) is 11.6. The van der Waals surface area contributed by atoms with E-state index in [1.54, 1.807) is 42.5 Å². The second kappa shape index (κ2) is 8.93. The number of carbonyl (C=O) groups is 2. The number of hydrogen-bond donors (Lipinski definition) is 2. The van der Waals surface area contributed by atoms with Gasteiger partial charge in [0.15, 0.2) is 0 Å². The predicted octanol–water partition coefficient (Wildman–Crippen LogP) is 3.59. The molecule has 0 fully saturated rings. The van der Waals surface area contributed by atoms with E-state index in [4.69, 9.17) is 16.3 Å². The number of amides is 2. The first-order valence-electron chi connectivity index (χ1n) is 7.69. The minimum atomic E-state index is -0.439. The third-order valence-electron chi connectivity index (χ3n) is 3.26. The third-order valence-corrected chi connectivity index (χ3v) is 3.49. The number of hydrogen-bond acceptors (Lipinski definition) is 3. The monoisotopic (exact) mass is 346 g/mol. The largest absolute Gasteiger partial charge is 0.494 e. The zero-order valence-corrected chi connectivity index (χ0v) is 14.1. The molecule has 2 rings (SSSR count). The minimum Gasteiger partial charge on any atom is -0.494 e. The summed E-state index contributed by atoms with van der Waals surface area (Å²) in [7, 11) is 0. The van der Waals surface area contributed by atoms with Crippen molar-refractivity contribution in [3.63, 3.8) is 0 Å². The van der Waals surface area contributed by atoms with Crippen molar-refractivity contribution in [3.05, 3.63) is 64.7 Å². The lowest BCUT2D eigenvalue weighted by atomic mass is 10.2. The highest BCUT2D eigenvalue weighted by Crippen LogP contribution is 2.13. The number of carbonyl (C=O) groups excluding carboxylic acids is 2. The van der Waals surface area contributed by atoms with Gasteiger partial charge in [0.25, 0.3) is 11.8 Å². The Labute approximate surface area is 145 Å². The molecule has 5 nitrogen and oxygen atoms in total. The number of nitrogens with one attached hydrogen (secondary N) is 2. The minimum absolute atomic E-state index is 0.363. The Hall–Kier alpha value is -2.53. The van der Waals surface area contributed by atoms with Crippen molar-refractivity contribution in [2.45, 2.75) is 19.8 Å². The van der Waals surface area contributed by atoms with Gasteiger partial charge in [-0.3, -0.25) is 20.4 Å². The lowest BCUT2D eigenvalue weighted by Gasteiger charge is -2.09. The summed E-state index contributed by atoms with van der Waals surface area (Å²) in [5, 5.41) is 0.452. The standard InChI is InChI=1S/C18H19ClN2O3/c1-2-3-11-24-16-9-7-13(8-10-16)17(22)20-21-18(23)14-5-4-6-15(19)12-14/h4-10,12H,2-3,11H2,1H3,(H,20,22)(H,21,23). The topological polar surface area (TPSA) is 67.4 Å². The van der Waals surface area contributed by atoms with Gasteiger partial charge < -0.3 is 4.74 Å². The summed E-state index contributed by atoms with van der Waals surface area (Å²) in [6, 6.07) is 13.2. The molecule has 2 N–H and O–H groups in total. The van der Waals surface area contributed by atoms with Crippen LogP contribution in [0.25, 0.3) is 0 Å². The van der Waals surface area contributed by atoms with Crippen LogP contribution < -0.4 is 15.6 Å². The van der Waals surface area contributed by atoms with Gasteiger partial charge in [-0.15, -0.1) is 0 Å². The number of halogens is 1. The fraction of sp³-hybridized carbons (Fsp3) is 0.222. The Kier molecular flexibility index (Phi) is 6.63. The van der Waals surface area contributed by atoms with Crippen LogP contribution in [-0.2, 0) is 0 Å². The molecule has 0 saturated carbocycles. The Bertz CT molecular complexity index is 702. The molecule has 126 valence electrons. The van der Waals surface area contributed by atoms with Gasteiger partial charge in [-0.05, 0) is 48.9 Å². The highest BCUT2D eigenvalue weighted by Gasteiger charge is 2.09. The fourth-order valence-corrected chi connectivity index (χ4v) is 2.11. The van der Waals surface area contributed by atoms with Crippen molar-refractivity contribution in [2.75, 3.05) is 6.61 Å². The fourth-order valence-electron chi connectivity index (χ4n) is 1.92.